The van der Waals surface area contributed by atoms with Crippen molar-refractivity contribution in [2.75, 3.05) is 25.1 Å². The minimum atomic E-state index is 0.104. The summed E-state index contributed by atoms with van der Waals surface area (Å²) in [5.41, 5.74) is 0. The van der Waals surface area contributed by atoms with E-state index >= 15 is 0 Å². The number of rotatable bonds is 8. The van der Waals surface area contributed by atoms with E-state index in [0.717, 1.165) is 25.1 Å². The maximum atomic E-state index is 11.3. The molecule has 0 fully saturated rings. The Morgan fingerprint density at radius 1 is 1.50 bits per heavy atom. The van der Waals surface area contributed by atoms with Gasteiger partial charge in [0.15, 0.2) is 0 Å². The molecule has 0 aliphatic rings. The van der Waals surface area contributed by atoms with Crippen LogP contribution >= 0.6 is 11.8 Å². The molecule has 4 heteroatoms. The Balaban J connectivity index is 3.40. The molecule has 1 atom stereocenters. The van der Waals surface area contributed by atoms with Crippen LogP contribution < -0.4 is 10.6 Å². The van der Waals surface area contributed by atoms with Gasteiger partial charge in [-0.1, -0.05) is 6.92 Å². The van der Waals surface area contributed by atoms with E-state index in [9.17, 15) is 4.79 Å². The summed E-state index contributed by atoms with van der Waals surface area (Å²) in [6.45, 7) is 5.49. The second-order valence-corrected chi connectivity index (χ2v) is 4.41. The topological polar surface area (TPSA) is 41.1 Å². The molecule has 0 bridgehead atoms. The summed E-state index contributed by atoms with van der Waals surface area (Å²) in [4.78, 5) is 11.3. The summed E-state index contributed by atoms with van der Waals surface area (Å²) in [6.07, 6.45) is 4.19. The van der Waals surface area contributed by atoms with Gasteiger partial charge in [0.05, 0.1) is 6.54 Å². The van der Waals surface area contributed by atoms with Crippen molar-refractivity contribution >= 4 is 17.7 Å². The highest BCUT2D eigenvalue weighted by Gasteiger charge is 2.05. The molecule has 0 heterocycles. The SMILES string of the molecule is CCCNCC(=O)NC(C)CCSC. The monoisotopic (exact) mass is 218 g/mol. The average Bonchev–Trinajstić information content (AvgIpc) is 2.15. The zero-order valence-electron chi connectivity index (χ0n) is 9.43. The first-order valence-electron chi connectivity index (χ1n) is 5.19. The van der Waals surface area contributed by atoms with E-state index in [1.54, 1.807) is 0 Å². The second-order valence-electron chi connectivity index (χ2n) is 3.43. The predicted molar refractivity (Wildman–Crippen MR) is 63.8 cm³/mol. The van der Waals surface area contributed by atoms with Crippen LogP contribution in [-0.4, -0.2) is 37.0 Å². The van der Waals surface area contributed by atoms with Gasteiger partial charge in [-0.15, -0.1) is 0 Å². The molecular formula is C10H22N2OS. The molecule has 0 aliphatic carbocycles. The Hall–Kier alpha value is -0.220. The third-order valence-electron chi connectivity index (χ3n) is 1.87. The van der Waals surface area contributed by atoms with Crippen molar-refractivity contribution in [2.24, 2.45) is 0 Å². The molecule has 0 aromatic heterocycles. The molecule has 1 amide bonds. The Kier molecular flexibility index (Phi) is 9.19. The van der Waals surface area contributed by atoms with Crippen molar-refractivity contribution in [3.05, 3.63) is 0 Å². The van der Waals surface area contributed by atoms with E-state index in [-0.39, 0.29) is 5.91 Å². The quantitative estimate of drug-likeness (QED) is 0.602. The van der Waals surface area contributed by atoms with Crippen LogP contribution in [0.1, 0.15) is 26.7 Å². The highest BCUT2D eigenvalue weighted by molar-refractivity contribution is 7.98. The fraction of sp³-hybridized carbons (Fsp3) is 0.900. The summed E-state index contributed by atoms with van der Waals surface area (Å²) >= 11 is 1.81. The number of hydrogen-bond acceptors (Lipinski definition) is 3. The van der Waals surface area contributed by atoms with Gasteiger partial charge in [0, 0.05) is 6.04 Å². The molecule has 2 N–H and O–H groups in total. The van der Waals surface area contributed by atoms with E-state index in [1.165, 1.54) is 0 Å². The lowest BCUT2D eigenvalue weighted by molar-refractivity contribution is -0.120. The predicted octanol–water partition coefficient (Wildman–Crippen LogP) is 1.24. The molecule has 0 spiro atoms. The van der Waals surface area contributed by atoms with Crippen molar-refractivity contribution < 1.29 is 4.79 Å². The highest BCUT2D eigenvalue weighted by Crippen LogP contribution is 1.99. The zero-order chi connectivity index (χ0) is 10.8. The summed E-state index contributed by atoms with van der Waals surface area (Å²) in [5, 5.41) is 6.04. The van der Waals surface area contributed by atoms with Crippen LogP contribution in [0.4, 0.5) is 0 Å². The summed E-state index contributed by atoms with van der Waals surface area (Å²) in [6, 6.07) is 0.290. The Bertz CT molecular complexity index is 153. The standard InChI is InChI=1S/C10H22N2OS/c1-4-6-11-8-10(13)12-9(2)5-7-14-3/h9,11H,4-8H2,1-3H3,(H,12,13). The average molecular weight is 218 g/mol. The van der Waals surface area contributed by atoms with Crippen LogP contribution in [0.3, 0.4) is 0 Å². The maximum Gasteiger partial charge on any atom is 0.234 e. The molecule has 0 saturated heterocycles. The first-order valence-corrected chi connectivity index (χ1v) is 6.59. The van der Waals surface area contributed by atoms with Crippen molar-refractivity contribution in [3.63, 3.8) is 0 Å². The minimum Gasteiger partial charge on any atom is -0.353 e. The number of carbonyl (C=O) groups is 1. The number of carbonyl (C=O) groups excluding carboxylic acids is 1. The normalized spacial score (nSPS) is 12.5. The Labute approximate surface area is 91.4 Å². The first-order chi connectivity index (χ1) is 6.70. The largest absolute Gasteiger partial charge is 0.353 e. The molecule has 0 aliphatic heterocycles. The third kappa shape index (κ3) is 8.38. The van der Waals surface area contributed by atoms with Crippen LogP contribution in [0.5, 0.6) is 0 Å². The lowest BCUT2D eigenvalue weighted by Crippen LogP contribution is -2.39. The fourth-order valence-corrected chi connectivity index (χ4v) is 1.66. The molecule has 84 valence electrons. The number of nitrogens with one attached hydrogen (secondary N) is 2. The second kappa shape index (κ2) is 9.34. The lowest BCUT2D eigenvalue weighted by Gasteiger charge is -2.13. The molecule has 0 rings (SSSR count). The van der Waals surface area contributed by atoms with Gasteiger partial charge >= 0.3 is 0 Å². The van der Waals surface area contributed by atoms with E-state index < -0.39 is 0 Å². The van der Waals surface area contributed by atoms with Gasteiger partial charge in [-0.05, 0) is 38.3 Å². The molecule has 14 heavy (non-hydrogen) atoms. The van der Waals surface area contributed by atoms with E-state index in [2.05, 4.69) is 23.8 Å². The number of thioether (sulfide) groups is 1. The summed E-state index contributed by atoms with van der Waals surface area (Å²) in [7, 11) is 0. The minimum absolute atomic E-state index is 0.104. The third-order valence-corrected chi connectivity index (χ3v) is 2.52. The fourth-order valence-electron chi connectivity index (χ4n) is 1.07. The molecule has 0 aromatic rings. The van der Waals surface area contributed by atoms with Gasteiger partial charge in [0.1, 0.15) is 0 Å². The number of amides is 1. The van der Waals surface area contributed by atoms with Gasteiger partial charge in [0.2, 0.25) is 5.91 Å². The molecule has 3 nitrogen and oxygen atoms in total. The smallest absolute Gasteiger partial charge is 0.234 e. The molecule has 1 unspecified atom stereocenters. The Morgan fingerprint density at radius 3 is 2.79 bits per heavy atom. The highest BCUT2D eigenvalue weighted by atomic mass is 32.2. The van der Waals surface area contributed by atoms with Crippen LogP contribution in [0.25, 0.3) is 0 Å². The van der Waals surface area contributed by atoms with Crippen LogP contribution in [0.2, 0.25) is 0 Å². The molecule has 0 radical (unpaired) electrons. The van der Waals surface area contributed by atoms with Crippen molar-refractivity contribution in [2.45, 2.75) is 32.7 Å². The maximum absolute atomic E-state index is 11.3. The number of hydrogen-bond donors (Lipinski definition) is 2. The van der Waals surface area contributed by atoms with Crippen LogP contribution in [0, 0.1) is 0 Å². The van der Waals surface area contributed by atoms with E-state index in [1.807, 2.05) is 18.7 Å². The van der Waals surface area contributed by atoms with Gasteiger partial charge in [-0.3, -0.25) is 4.79 Å². The molecule has 0 aromatic carbocycles. The van der Waals surface area contributed by atoms with Gasteiger partial charge in [-0.2, -0.15) is 11.8 Å². The van der Waals surface area contributed by atoms with E-state index in [4.69, 9.17) is 0 Å². The summed E-state index contributed by atoms with van der Waals surface area (Å²) < 4.78 is 0. The van der Waals surface area contributed by atoms with Gasteiger partial charge in [-0.25, -0.2) is 0 Å². The van der Waals surface area contributed by atoms with E-state index in [0.29, 0.717) is 12.6 Å². The summed E-state index contributed by atoms with van der Waals surface area (Å²) in [5.74, 6) is 1.20. The lowest BCUT2D eigenvalue weighted by atomic mass is 10.2. The van der Waals surface area contributed by atoms with Crippen LogP contribution in [-0.2, 0) is 4.79 Å². The molecule has 0 saturated carbocycles. The van der Waals surface area contributed by atoms with Crippen molar-refractivity contribution in [3.8, 4) is 0 Å². The Morgan fingerprint density at radius 2 is 2.21 bits per heavy atom. The van der Waals surface area contributed by atoms with Crippen molar-refractivity contribution in [1.29, 1.82) is 0 Å². The zero-order valence-corrected chi connectivity index (χ0v) is 10.2. The van der Waals surface area contributed by atoms with Crippen molar-refractivity contribution in [1.82, 2.24) is 10.6 Å². The van der Waals surface area contributed by atoms with Crippen LogP contribution in [0.15, 0.2) is 0 Å². The first kappa shape index (κ1) is 13.8. The van der Waals surface area contributed by atoms with Gasteiger partial charge in [0.25, 0.3) is 0 Å². The van der Waals surface area contributed by atoms with Gasteiger partial charge < -0.3 is 10.6 Å². The molecular weight excluding hydrogens is 196 g/mol.